The van der Waals surface area contributed by atoms with Crippen molar-refractivity contribution >= 4 is 5.97 Å². The van der Waals surface area contributed by atoms with Gasteiger partial charge in [-0.1, -0.05) is 27.7 Å². The number of ether oxygens (including phenoxy) is 1. The van der Waals surface area contributed by atoms with Gasteiger partial charge < -0.3 is 15.0 Å². The fraction of sp³-hybridized carbons (Fsp3) is 0.923. The molecule has 0 aliphatic heterocycles. The van der Waals surface area contributed by atoms with Crippen LogP contribution in [0.5, 0.6) is 0 Å². The summed E-state index contributed by atoms with van der Waals surface area (Å²) in [6.07, 6.45) is 0. The van der Waals surface area contributed by atoms with Gasteiger partial charge in [-0.3, -0.25) is 4.79 Å². The van der Waals surface area contributed by atoms with Crippen molar-refractivity contribution in [3.63, 3.8) is 0 Å². The van der Waals surface area contributed by atoms with Crippen molar-refractivity contribution < 1.29 is 9.53 Å². The van der Waals surface area contributed by atoms with E-state index in [-0.39, 0.29) is 17.4 Å². The second kappa shape index (κ2) is 6.97. The van der Waals surface area contributed by atoms with Crippen LogP contribution in [0, 0.1) is 5.41 Å². The lowest BCUT2D eigenvalue weighted by molar-refractivity contribution is -0.143. The molecule has 2 atom stereocenters. The van der Waals surface area contributed by atoms with Crippen molar-refractivity contribution in [1.82, 2.24) is 10.2 Å². The van der Waals surface area contributed by atoms with Crippen LogP contribution in [-0.4, -0.2) is 50.2 Å². The Balaban J connectivity index is 4.50. The lowest BCUT2D eigenvalue weighted by Gasteiger charge is -2.36. The summed E-state index contributed by atoms with van der Waals surface area (Å²) in [6, 6.07) is 0.146. The van der Waals surface area contributed by atoms with E-state index in [4.69, 9.17) is 4.74 Å². The van der Waals surface area contributed by atoms with Crippen LogP contribution in [0.4, 0.5) is 0 Å². The van der Waals surface area contributed by atoms with E-state index in [9.17, 15) is 4.79 Å². The number of nitrogens with zero attached hydrogens (tertiary/aromatic N) is 1. The van der Waals surface area contributed by atoms with Crippen molar-refractivity contribution in [3.05, 3.63) is 0 Å². The van der Waals surface area contributed by atoms with Gasteiger partial charge in [-0.25, -0.2) is 0 Å². The average Bonchev–Trinajstić information content (AvgIpc) is 2.24. The monoisotopic (exact) mass is 244 g/mol. The Kier molecular flexibility index (Phi) is 6.72. The predicted octanol–water partition coefficient (Wildman–Crippen LogP) is 1.50. The fourth-order valence-electron chi connectivity index (χ4n) is 1.72. The number of methoxy groups -OCH3 is 1. The van der Waals surface area contributed by atoms with Gasteiger partial charge in [0.2, 0.25) is 0 Å². The zero-order valence-electron chi connectivity index (χ0n) is 12.3. The third-order valence-corrected chi connectivity index (χ3v) is 3.32. The van der Waals surface area contributed by atoms with Gasteiger partial charge in [-0.05, 0) is 25.9 Å². The molecule has 0 aromatic carbocycles. The van der Waals surface area contributed by atoms with E-state index >= 15 is 0 Å². The first-order valence-corrected chi connectivity index (χ1v) is 6.25. The highest BCUT2D eigenvalue weighted by atomic mass is 16.5. The van der Waals surface area contributed by atoms with Gasteiger partial charge in [0, 0.05) is 12.6 Å². The molecule has 0 bridgehead atoms. The van der Waals surface area contributed by atoms with Crippen molar-refractivity contribution in [2.75, 3.05) is 27.2 Å². The highest BCUT2D eigenvalue weighted by molar-refractivity contribution is 5.75. The molecule has 1 N–H and O–H groups in total. The van der Waals surface area contributed by atoms with Crippen molar-refractivity contribution in [2.45, 2.75) is 46.7 Å². The number of esters is 1. The summed E-state index contributed by atoms with van der Waals surface area (Å²) in [5, 5.41) is 3.15. The minimum absolute atomic E-state index is 0.195. The zero-order chi connectivity index (χ0) is 13.6. The Morgan fingerprint density at radius 3 is 2.29 bits per heavy atom. The van der Waals surface area contributed by atoms with Crippen LogP contribution in [0.1, 0.15) is 34.6 Å². The van der Waals surface area contributed by atoms with Gasteiger partial charge in [0.05, 0.1) is 7.11 Å². The number of hydrogen-bond acceptors (Lipinski definition) is 4. The Bertz CT molecular complexity index is 236. The molecule has 102 valence electrons. The lowest BCUT2D eigenvalue weighted by atomic mass is 9.87. The molecule has 4 heteroatoms. The molecule has 2 unspecified atom stereocenters. The Morgan fingerprint density at radius 2 is 1.94 bits per heavy atom. The number of hydrogen-bond donors (Lipinski definition) is 1. The molecule has 0 fully saturated rings. The molecule has 0 rings (SSSR count). The third kappa shape index (κ3) is 5.50. The SMILES string of the molecule is CCNC(CN(C)C(C)C(C)(C)C)C(=O)OC. The van der Waals surface area contributed by atoms with E-state index < -0.39 is 0 Å². The zero-order valence-corrected chi connectivity index (χ0v) is 12.3. The standard InChI is InChI=1S/C13H28N2O2/c1-8-14-11(12(16)17-7)9-15(6)10(2)13(3,4)5/h10-11,14H,8-9H2,1-7H3. The van der Waals surface area contributed by atoms with Crippen molar-refractivity contribution in [1.29, 1.82) is 0 Å². The molecule has 0 aliphatic rings. The molecule has 17 heavy (non-hydrogen) atoms. The fourth-order valence-corrected chi connectivity index (χ4v) is 1.72. The maximum absolute atomic E-state index is 11.6. The number of likely N-dealkylation sites (N-methyl/N-ethyl adjacent to an activating group) is 2. The maximum atomic E-state index is 11.6. The van der Waals surface area contributed by atoms with Gasteiger partial charge in [-0.15, -0.1) is 0 Å². The molecular weight excluding hydrogens is 216 g/mol. The van der Waals surface area contributed by atoms with Gasteiger partial charge in [0.15, 0.2) is 0 Å². The normalized spacial score (nSPS) is 15.8. The summed E-state index contributed by atoms with van der Waals surface area (Å²) in [4.78, 5) is 13.8. The van der Waals surface area contributed by atoms with E-state index in [0.717, 1.165) is 6.54 Å². The number of nitrogens with one attached hydrogen (secondary N) is 1. The first-order chi connectivity index (χ1) is 7.73. The minimum Gasteiger partial charge on any atom is -0.468 e. The largest absolute Gasteiger partial charge is 0.468 e. The van der Waals surface area contributed by atoms with Crippen molar-refractivity contribution in [2.24, 2.45) is 5.41 Å². The van der Waals surface area contributed by atoms with Crippen LogP contribution in [-0.2, 0) is 9.53 Å². The van der Waals surface area contributed by atoms with Gasteiger partial charge in [0.25, 0.3) is 0 Å². The highest BCUT2D eigenvalue weighted by Crippen LogP contribution is 2.22. The molecule has 4 nitrogen and oxygen atoms in total. The summed E-state index contributed by atoms with van der Waals surface area (Å²) in [5.74, 6) is -0.195. The van der Waals surface area contributed by atoms with Crippen molar-refractivity contribution in [3.8, 4) is 0 Å². The minimum atomic E-state index is -0.250. The second-order valence-electron chi connectivity index (χ2n) is 5.61. The topological polar surface area (TPSA) is 41.6 Å². The Morgan fingerprint density at radius 1 is 1.41 bits per heavy atom. The quantitative estimate of drug-likeness (QED) is 0.719. The number of carbonyl (C=O) groups is 1. The van der Waals surface area contributed by atoms with E-state index in [2.05, 4.69) is 37.9 Å². The summed E-state index contributed by atoms with van der Waals surface area (Å²) in [7, 11) is 3.48. The van der Waals surface area contributed by atoms with E-state index in [1.54, 1.807) is 0 Å². The lowest BCUT2D eigenvalue weighted by Crippen LogP contribution is -2.50. The molecule has 0 amide bonds. The molecule has 0 saturated carbocycles. The molecule has 0 aromatic rings. The first kappa shape index (κ1) is 16.4. The highest BCUT2D eigenvalue weighted by Gasteiger charge is 2.27. The van der Waals surface area contributed by atoms with Crippen LogP contribution in [0.3, 0.4) is 0 Å². The van der Waals surface area contributed by atoms with Crippen LogP contribution >= 0.6 is 0 Å². The number of carbonyl (C=O) groups excluding carboxylic acids is 1. The van der Waals surface area contributed by atoms with Crippen LogP contribution < -0.4 is 5.32 Å². The number of rotatable bonds is 6. The predicted molar refractivity (Wildman–Crippen MR) is 71.0 cm³/mol. The molecule has 0 aliphatic carbocycles. The average molecular weight is 244 g/mol. The van der Waals surface area contributed by atoms with Gasteiger partial charge in [-0.2, -0.15) is 0 Å². The molecule has 0 spiro atoms. The summed E-state index contributed by atoms with van der Waals surface area (Å²) >= 11 is 0. The van der Waals surface area contributed by atoms with Crippen LogP contribution in [0.2, 0.25) is 0 Å². The molecule has 0 heterocycles. The van der Waals surface area contributed by atoms with Crippen LogP contribution in [0.25, 0.3) is 0 Å². The smallest absolute Gasteiger partial charge is 0.324 e. The molecular formula is C13H28N2O2. The summed E-state index contributed by atoms with van der Waals surface area (Å²) in [5.41, 5.74) is 0.196. The Hall–Kier alpha value is -0.610. The molecule has 0 saturated heterocycles. The summed E-state index contributed by atoms with van der Waals surface area (Å²) in [6.45, 7) is 12.2. The third-order valence-electron chi connectivity index (χ3n) is 3.32. The van der Waals surface area contributed by atoms with E-state index in [1.165, 1.54) is 7.11 Å². The first-order valence-electron chi connectivity index (χ1n) is 6.25. The van der Waals surface area contributed by atoms with Gasteiger partial charge in [0.1, 0.15) is 6.04 Å². The van der Waals surface area contributed by atoms with Gasteiger partial charge >= 0.3 is 5.97 Å². The van der Waals surface area contributed by atoms with E-state index in [1.807, 2.05) is 14.0 Å². The second-order valence-corrected chi connectivity index (χ2v) is 5.61. The molecule has 0 aromatic heterocycles. The molecule has 0 radical (unpaired) electrons. The maximum Gasteiger partial charge on any atom is 0.324 e. The summed E-state index contributed by atoms with van der Waals surface area (Å²) < 4.78 is 4.80. The van der Waals surface area contributed by atoms with E-state index in [0.29, 0.717) is 12.6 Å². The Labute approximate surface area is 106 Å². The van der Waals surface area contributed by atoms with Crippen LogP contribution in [0.15, 0.2) is 0 Å².